The lowest BCUT2D eigenvalue weighted by Gasteiger charge is -2.22. The molecule has 0 spiro atoms. The zero-order valence-electron chi connectivity index (χ0n) is 12.1. The number of amides is 1. The van der Waals surface area contributed by atoms with Crippen LogP contribution in [0.3, 0.4) is 0 Å². The Labute approximate surface area is 115 Å². The summed E-state index contributed by atoms with van der Waals surface area (Å²) >= 11 is 0. The molecular formula is C15H24N2O2. The fourth-order valence-corrected chi connectivity index (χ4v) is 1.88. The van der Waals surface area contributed by atoms with Crippen LogP contribution in [0.2, 0.25) is 0 Å². The van der Waals surface area contributed by atoms with Crippen molar-refractivity contribution in [3.8, 4) is 0 Å². The Hall–Kier alpha value is -1.55. The van der Waals surface area contributed by atoms with Gasteiger partial charge in [-0.25, -0.2) is 0 Å². The van der Waals surface area contributed by atoms with Gasteiger partial charge in [-0.15, -0.1) is 0 Å². The molecule has 4 nitrogen and oxygen atoms in total. The number of carbonyl (C=O) groups is 1. The van der Waals surface area contributed by atoms with Crippen LogP contribution in [0, 0.1) is 6.92 Å². The third-order valence-electron chi connectivity index (χ3n) is 2.93. The van der Waals surface area contributed by atoms with Gasteiger partial charge < -0.3 is 15.0 Å². The number of methoxy groups -OCH3 is 1. The molecule has 0 aliphatic carbocycles. The second kappa shape index (κ2) is 8.53. The Morgan fingerprint density at radius 1 is 1.42 bits per heavy atom. The highest BCUT2D eigenvalue weighted by Gasteiger charge is 2.09. The Balaban J connectivity index is 2.46. The van der Waals surface area contributed by atoms with Crippen LogP contribution < -0.4 is 10.2 Å². The number of hydrogen-bond donors (Lipinski definition) is 1. The van der Waals surface area contributed by atoms with E-state index in [1.54, 1.807) is 7.11 Å². The number of nitrogens with one attached hydrogen (secondary N) is 1. The van der Waals surface area contributed by atoms with Crippen molar-refractivity contribution in [2.75, 3.05) is 38.3 Å². The molecule has 106 valence electrons. The summed E-state index contributed by atoms with van der Waals surface area (Å²) in [6.07, 6.45) is 0.846. The van der Waals surface area contributed by atoms with Gasteiger partial charge in [-0.05, 0) is 38.0 Å². The molecule has 0 aliphatic rings. The van der Waals surface area contributed by atoms with E-state index >= 15 is 0 Å². The number of carbonyl (C=O) groups excluding carboxylic acids is 1. The first-order valence-corrected chi connectivity index (χ1v) is 6.74. The zero-order chi connectivity index (χ0) is 14.1. The fraction of sp³-hybridized carbons (Fsp3) is 0.533. The molecule has 0 fully saturated rings. The quantitative estimate of drug-likeness (QED) is 0.730. The summed E-state index contributed by atoms with van der Waals surface area (Å²) in [5, 5.41) is 2.91. The zero-order valence-corrected chi connectivity index (χ0v) is 12.1. The van der Waals surface area contributed by atoms with E-state index in [1.807, 2.05) is 12.1 Å². The molecule has 0 aliphatic heterocycles. The molecule has 19 heavy (non-hydrogen) atoms. The van der Waals surface area contributed by atoms with E-state index in [-0.39, 0.29) is 5.91 Å². The van der Waals surface area contributed by atoms with E-state index in [4.69, 9.17) is 4.74 Å². The Kier molecular flexibility index (Phi) is 6.97. The van der Waals surface area contributed by atoms with Crippen LogP contribution in [0.5, 0.6) is 0 Å². The van der Waals surface area contributed by atoms with Gasteiger partial charge in [0.15, 0.2) is 0 Å². The highest BCUT2D eigenvalue weighted by atomic mass is 16.5. The lowest BCUT2D eigenvalue weighted by molar-refractivity contribution is -0.119. The summed E-state index contributed by atoms with van der Waals surface area (Å²) in [6, 6.07) is 8.21. The predicted molar refractivity (Wildman–Crippen MR) is 78.6 cm³/mol. The highest BCUT2D eigenvalue weighted by Crippen LogP contribution is 2.15. The fourth-order valence-electron chi connectivity index (χ4n) is 1.88. The van der Waals surface area contributed by atoms with Crippen LogP contribution in [0.1, 0.15) is 18.9 Å². The first-order valence-electron chi connectivity index (χ1n) is 6.74. The molecule has 1 aromatic rings. The number of hydrogen-bond acceptors (Lipinski definition) is 3. The van der Waals surface area contributed by atoms with Gasteiger partial charge in [0.25, 0.3) is 0 Å². The molecule has 0 radical (unpaired) electrons. The van der Waals surface area contributed by atoms with Crippen molar-refractivity contribution in [2.24, 2.45) is 0 Å². The lowest BCUT2D eigenvalue weighted by atomic mass is 10.2. The van der Waals surface area contributed by atoms with Crippen LogP contribution >= 0.6 is 0 Å². The molecule has 1 amide bonds. The highest BCUT2D eigenvalue weighted by molar-refractivity contribution is 5.81. The number of ether oxygens (including phenoxy) is 1. The van der Waals surface area contributed by atoms with E-state index in [0.717, 1.165) is 18.7 Å². The number of benzene rings is 1. The molecule has 0 bridgehead atoms. The molecule has 1 N–H and O–H groups in total. The minimum atomic E-state index is 0.0551. The average molecular weight is 264 g/mol. The number of aryl methyl sites for hydroxylation is 1. The second-order valence-corrected chi connectivity index (χ2v) is 4.55. The Bertz CT molecular complexity index is 393. The van der Waals surface area contributed by atoms with Gasteiger partial charge in [-0.1, -0.05) is 12.1 Å². The van der Waals surface area contributed by atoms with E-state index in [2.05, 4.69) is 36.2 Å². The van der Waals surface area contributed by atoms with Crippen molar-refractivity contribution < 1.29 is 9.53 Å². The summed E-state index contributed by atoms with van der Waals surface area (Å²) in [4.78, 5) is 13.9. The molecule has 0 saturated carbocycles. The Morgan fingerprint density at radius 2 is 2.21 bits per heavy atom. The van der Waals surface area contributed by atoms with Gasteiger partial charge in [-0.3, -0.25) is 4.79 Å². The molecule has 4 heteroatoms. The third-order valence-corrected chi connectivity index (χ3v) is 2.93. The van der Waals surface area contributed by atoms with E-state index in [1.165, 1.54) is 5.56 Å². The average Bonchev–Trinajstić information content (AvgIpc) is 2.41. The summed E-state index contributed by atoms with van der Waals surface area (Å²) < 4.78 is 4.95. The molecule has 1 rings (SSSR count). The van der Waals surface area contributed by atoms with Crippen molar-refractivity contribution >= 4 is 11.6 Å². The van der Waals surface area contributed by atoms with Gasteiger partial charge in [0.05, 0.1) is 6.54 Å². The number of likely N-dealkylation sites (N-methyl/N-ethyl adjacent to an activating group) is 1. The van der Waals surface area contributed by atoms with Crippen LogP contribution in [0.25, 0.3) is 0 Å². The molecule has 0 heterocycles. The van der Waals surface area contributed by atoms with Crippen molar-refractivity contribution in [1.29, 1.82) is 0 Å². The lowest BCUT2D eigenvalue weighted by Crippen LogP contribution is -2.37. The first kappa shape index (κ1) is 15.5. The van der Waals surface area contributed by atoms with Crippen LogP contribution in [0.15, 0.2) is 24.3 Å². The molecule has 0 aromatic heterocycles. The standard InChI is InChI=1S/C15H24N2O2/c1-4-17(14-8-5-7-13(2)11-14)12-15(18)16-9-6-10-19-3/h5,7-8,11H,4,6,9-10,12H2,1-3H3,(H,16,18). The second-order valence-electron chi connectivity index (χ2n) is 4.55. The van der Waals surface area contributed by atoms with Crippen LogP contribution in [-0.4, -0.2) is 39.3 Å². The first-order chi connectivity index (χ1) is 9.17. The maximum absolute atomic E-state index is 11.8. The molecule has 1 aromatic carbocycles. The summed E-state index contributed by atoms with van der Waals surface area (Å²) in [7, 11) is 1.67. The van der Waals surface area contributed by atoms with Crippen molar-refractivity contribution in [2.45, 2.75) is 20.3 Å². The largest absolute Gasteiger partial charge is 0.385 e. The SMILES string of the molecule is CCN(CC(=O)NCCCOC)c1cccc(C)c1. The Morgan fingerprint density at radius 3 is 2.84 bits per heavy atom. The maximum Gasteiger partial charge on any atom is 0.239 e. The summed E-state index contributed by atoms with van der Waals surface area (Å²) in [6.45, 7) is 6.66. The summed E-state index contributed by atoms with van der Waals surface area (Å²) in [5.74, 6) is 0.0551. The van der Waals surface area contributed by atoms with Gasteiger partial charge in [0.1, 0.15) is 0 Å². The van der Waals surface area contributed by atoms with Crippen molar-refractivity contribution in [3.05, 3.63) is 29.8 Å². The predicted octanol–water partition coefficient (Wildman–Crippen LogP) is 1.97. The monoisotopic (exact) mass is 264 g/mol. The minimum Gasteiger partial charge on any atom is -0.385 e. The van der Waals surface area contributed by atoms with Gasteiger partial charge in [0.2, 0.25) is 5.91 Å². The van der Waals surface area contributed by atoms with E-state index in [9.17, 15) is 4.79 Å². The summed E-state index contributed by atoms with van der Waals surface area (Å²) in [5.41, 5.74) is 2.30. The minimum absolute atomic E-state index is 0.0551. The number of anilines is 1. The van der Waals surface area contributed by atoms with Gasteiger partial charge in [0, 0.05) is 32.5 Å². The van der Waals surface area contributed by atoms with E-state index in [0.29, 0.717) is 19.7 Å². The topological polar surface area (TPSA) is 41.6 Å². The van der Waals surface area contributed by atoms with Crippen molar-refractivity contribution in [3.63, 3.8) is 0 Å². The maximum atomic E-state index is 11.8. The van der Waals surface area contributed by atoms with Crippen LogP contribution in [0.4, 0.5) is 5.69 Å². The smallest absolute Gasteiger partial charge is 0.239 e. The van der Waals surface area contributed by atoms with Gasteiger partial charge >= 0.3 is 0 Å². The van der Waals surface area contributed by atoms with Crippen LogP contribution in [-0.2, 0) is 9.53 Å². The van der Waals surface area contributed by atoms with Gasteiger partial charge in [-0.2, -0.15) is 0 Å². The van der Waals surface area contributed by atoms with E-state index < -0.39 is 0 Å². The molecule has 0 atom stereocenters. The van der Waals surface area contributed by atoms with Crippen molar-refractivity contribution in [1.82, 2.24) is 5.32 Å². The number of rotatable bonds is 8. The third kappa shape index (κ3) is 5.75. The molecule has 0 saturated heterocycles. The number of nitrogens with zero attached hydrogens (tertiary/aromatic N) is 1. The molecule has 0 unspecified atom stereocenters. The normalized spacial score (nSPS) is 10.3. The molecular weight excluding hydrogens is 240 g/mol.